The molecule has 0 atom stereocenters. The van der Waals surface area contributed by atoms with Crippen LogP contribution >= 0.6 is 0 Å². The zero-order chi connectivity index (χ0) is 11.9. The first kappa shape index (κ1) is 10.7. The van der Waals surface area contributed by atoms with Crippen LogP contribution in [0, 0.1) is 0 Å². The van der Waals surface area contributed by atoms with E-state index in [9.17, 15) is 0 Å². The lowest BCUT2D eigenvalue weighted by Crippen LogP contribution is -2.00. The predicted octanol–water partition coefficient (Wildman–Crippen LogP) is 1.53. The van der Waals surface area contributed by atoms with E-state index in [0.717, 1.165) is 22.8 Å². The van der Waals surface area contributed by atoms with Gasteiger partial charge in [-0.3, -0.25) is 4.68 Å². The van der Waals surface area contributed by atoms with Crippen molar-refractivity contribution >= 4 is 5.82 Å². The smallest absolute Gasteiger partial charge is 0.125 e. The van der Waals surface area contributed by atoms with Crippen LogP contribution in [0.4, 0.5) is 5.82 Å². The molecule has 0 amide bonds. The molecule has 2 aromatic rings. The van der Waals surface area contributed by atoms with Gasteiger partial charge in [0.1, 0.15) is 17.2 Å². The first-order valence-electron chi connectivity index (χ1n) is 5.31. The summed E-state index contributed by atoms with van der Waals surface area (Å²) in [4.78, 5) is 4.32. The highest BCUT2D eigenvalue weighted by atomic mass is 15.3. The summed E-state index contributed by atoms with van der Waals surface area (Å²) in [5.41, 5.74) is 8.84. The van der Waals surface area contributed by atoms with Crippen LogP contribution < -0.4 is 5.73 Å². The molecular formula is C11H17N5. The van der Waals surface area contributed by atoms with Crippen LogP contribution in [-0.2, 0) is 14.1 Å². The normalized spacial score (nSPS) is 11.3. The number of rotatable bonds is 2. The highest BCUT2D eigenvalue weighted by Crippen LogP contribution is 2.31. The Labute approximate surface area is 94.9 Å². The van der Waals surface area contributed by atoms with Gasteiger partial charge in [-0.15, -0.1) is 0 Å². The van der Waals surface area contributed by atoms with Gasteiger partial charge in [0.25, 0.3) is 0 Å². The second-order valence-electron chi connectivity index (χ2n) is 4.35. The summed E-state index contributed by atoms with van der Waals surface area (Å²) in [6.07, 6.45) is 3.72. The van der Waals surface area contributed by atoms with Crippen molar-refractivity contribution in [3.05, 3.63) is 18.1 Å². The maximum absolute atomic E-state index is 6.01. The minimum Gasteiger partial charge on any atom is -0.384 e. The molecule has 0 aromatic carbocycles. The molecule has 5 nitrogen and oxygen atoms in total. The Balaban J connectivity index is 2.60. The average molecular weight is 219 g/mol. The van der Waals surface area contributed by atoms with E-state index in [1.165, 1.54) is 0 Å². The van der Waals surface area contributed by atoms with Crippen LogP contribution in [0.25, 0.3) is 11.4 Å². The summed E-state index contributed by atoms with van der Waals surface area (Å²) in [6, 6.07) is 0. The van der Waals surface area contributed by atoms with Crippen LogP contribution in [0.2, 0.25) is 0 Å². The average Bonchev–Trinajstić information content (AvgIpc) is 2.73. The van der Waals surface area contributed by atoms with Crippen molar-refractivity contribution in [1.29, 1.82) is 0 Å². The van der Waals surface area contributed by atoms with Gasteiger partial charge in [-0.1, -0.05) is 13.8 Å². The van der Waals surface area contributed by atoms with Crippen molar-refractivity contribution in [2.24, 2.45) is 14.1 Å². The molecule has 0 aliphatic carbocycles. The topological polar surface area (TPSA) is 61.7 Å². The molecule has 86 valence electrons. The third-order valence-electron chi connectivity index (χ3n) is 2.65. The van der Waals surface area contributed by atoms with E-state index in [1.807, 2.05) is 24.9 Å². The fourth-order valence-corrected chi connectivity index (χ4v) is 1.85. The highest BCUT2D eigenvalue weighted by Gasteiger charge is 2.19. The summed E-state index contributed by atoms with van der Waals surface area (Å²) < 4.78 is 3.61. The summed E-state index contributed by atoms with van der Waals surface area (Å²) in [5, 5.41) is 4.43. The molecule has 2 heterocycles. The van der Waals surface area contributed by atoms with E-state index in [-0.39, 0.29) is 0 Å². The van der Waals surface area contributed by atoms with Gasteiger partial charge in [0.05, 0.1) is 6.33 Å². The number of nitrogens with zero attached hydrogens (tertiary/aromatic N) is 4. The van der Waals surface area contributed by atoms with Crippen LogP contribution in [0.5, 0.6) is 0 Å². The van der Waals surface area contributed by atoms with Crippen molar-refractivity contribution in [3.63, 3.8) is 0 Å². The number of imidazole rings is 1. The summed E-state index contributed by atoms with van der Waals surface area (Å²) >= 11 is 0. The maximum Gasteiger partial charge on any atom is 0.125 e. The van der Waals surface area contributed by atoms with E-state index in [2.05, 4.69) is 23.9 Å². The van der Waals surface area contributed by atoms with Crippen molar-refractivity contribution in [2.45, 2.75) is 19.8 Å². The Kier molecular flexibility index (Phi) is 2.46. The summed E-state index contributed by atoms with van der Waals surface area (Å²) in [6.45, 7) is 4.22. The van der Waals surface area contributed by atoms with Gasteiger partial charge < -0.3 is 10.3 Å². The molecule has 0 aliphatic rings. The predicted molar refractivity (Wildman–Crippen MR) is 63.9 cm³/mol. The van der Waals surface area contributed by atoms with Gasteiger partial charge in [-0.25, -0.2) is 4.98 Å². The fraction of sp³-hybridized carbons (Fsp3) is 0.455. The van der Waals surface area contributed by atoms with Gasteiger partial charge in [-0.2, -0.15) is 5.10 Å². The molecule has 0 radical (unpaired) electrons. The van der Waals surface area contributed by atoms with E-state index < -0.39 is 0 Å². The number of nitrogen functional groups attached to an aromatic ring is 1. The Bertz CT molecular complexity index is 506. The lowest BCUT2D eigenvalue weighted by Gasteiger charge is -2.05. The van der Waals surface area contributed by atoms with E-state index >= 15 is 0 Å². The second kappa shape index (κ2) is 3.66. The van der Waals surface area contributed by atoms with Crippen molar-refractivity contribution in [1.82, 2.24) is 19.3 Å². The van der Waals surface area contributed by atoms with Gasteiger partial charge >= 0.3 is 0 Å². The summed E-state index contributed by atoms with van der Waals surface area (Å²) in [5.74, 6) is 1.06. The maximum atomic E-state index is 6.01. The first-order chi connectivity index (χ1) is 7.50. The van der Waals surface area contributed by atoms with Gasteiger partial charge in [-0.05, 0) is 5.92 Å². The van der Waals surface area contributed by atoms with Crippen LogP contribution in [0.15, 0.2) is 12.5 Å². The molecule has 0 saturated heterocycles. The molecule has 2 aromatic heterocycles. The first-order valence-corrected chi connectivity index (χ1v) is 5.31. The molecular weight excluding hydrogens is 202 g/mol. The molecule has 5 heteroatoms. The Morgan fingerprint density at radius 3 is 2.50 bits per heavy atom. The third-order valence-corrected chi connectivity index (χ3v) is 2.65. The number of anilines is 1. The molecule has 0 bridgehead atoms. The fourth-order valence-electron chi connectivity index (χ4n) is 1.85. The largest absolute Gasteiger partial charge is 0.384 e. The number of aromatic nitrogens is 4. The zero-order valence-corrected chi connectivity index (χ0v) is 10.1. The highest BCUT2D eigenvalue weighted by molar-refractivity contribution is 5.65. The quantitative estimate of drug-likeness (QED) is 0.833. The van der Waals surface area contributed by atoms with E-state index in [1.54, 1.807) is 11.0 Å². The Morgan fingerprint density at radius 1 is 1.31 bits per heavy atom. The third kappa shape index (κ3) is 1.58. The van der Waals surface area contributed by atoms with Gasteiger partial charge in [0.2, 0.25) is 0 Å². The molecule has 0 saturated carbocycles. The lowest BCUT2D eigenvalue weighted by atomic mass is 10.0. The molecule has 0 spiro atoms. The van der Waals surface area contributed by atoms with Crippen molar-refractivity contribution in [3.8, 4) is 11.4 Å². The zero-order valence-electron chi connectivity index (χ0n) is 10.1. The Morgan fingerprint density at radius 2 is 2.00 bits per heavy atom. The summed E-state index contributed by atoms with van der Waals surface area (Å²) in [7, 11) is 3.80. The lowest BCUT2D eigenvalue weighted by molar-refractivity contribution is 0.779. The monoisotopic (exact) mass is 219 g/mol. The van der Waals surface area contributed by atoms with Gasteiger partial charge in [0.15, 0.2) is 0 Å². The standard InChI is InChI=1S/C11H17N5/c1-7(2)9-10(14-16(4)11(9)12)8-5-15(3)6-13-8/h5-7H,12H2,1-4H3. The van der Waals surface area contributed by atoms with Gasteiger partial charge in [0, 0.05) is 25.9 Å². The molecule has 0 unspecified atom stereocenters. The SMILES string of the molecule is CC(C)c1c(-c2cn(C)cn2)nn(C)c1N. The number of hydrogen-bond donors (Lipinski definition) is 1. The number of hydrogen-bond acceptors (Lipinski definition) is 3. The van der Waals surface area contributed by atoms with Crippen LogP contribution in [0.1, 0.15) is 25.3 Å². The number of aryl methyl sites for hydroxylation is 2. The minimum absolute atomic E-state index is 0.339. The number of nitrogens with two attached hydrogens (primary N) is 1. The van der Waals surface area contributed by atoms with Crippen molar-refractivity contribution < 1.29 is 0 Å². The Hall–Kier alpha value is -1.78. The molecule has 2 rings (SSSR count). The molecule has 16 heavy (non-hydrogen) atoms. The van der Waals surface area contributed by atoms with E-state index in [4.69, 9.17) is 5.73 Å². The van der Waals surface area contributed by atoms with Crippen molar-refractivity contribution in [2.75, 3.05) is 5.73 Å². The van der Waals surface area contributed by atoms with Crippen LogP contribution in [-0.4, -0.2) is 19.3 Å². The minimum atomic E-state index is 0.339. The second-order valence-corrected chi connectivity index (χ2v) is 4.35. The van der Waals surface area contributed by atoms with E-state index in [0.29, 0.717) is 5.92 Å². The molecule has 2 N–H and O–H groups in total. The molecule has 0 aliphatic heterocycles. The van der Waals surface area contributed by atoms with Crippen LogP contribution in [0.3, 0.4) is 0 Å². The molecule has 0 fully saturated rings.